The average molecular weight is 407 g/mol. The molecular formula is C24H26FN3O2. The van der Waals surface area contributed by atoms with Crippen LogP contribution in [0.1, 0.15) is 52.9 Å². The third-order valence-electron chi connectivity index (χ3n) is 4.65. The summed E-state index contributed by atoms with van der Waals surface area (Å²) in [5, 5.41) is 5.78. The van der Waals surface area contributed by atoms with Gasteiger partial charge in [-0.05, 0) is 89.2 Å². The second-order valence-electron chi connectivity index (χ2n) is 8.33. The minimum absolute atomic E-state index is 0.164. The van der Waals surface area contributed by atoms with Crippen LogP contribution in [-0.2, 0) is 0 Å². The second-order valence-corrected chi connectivity index (χ2v) is 8.33. The number of rotatable bonds is 4. The first-order chi connectivity index (χ1) is 14.0. The molecule has 0 atom stereocenters. The molecule has 3 aromatic rings. The highest BCUT2D eigenvalue weighted by atomic mass is 19.1. The van der Waals surface area contributed by atoms with Crippen molar-refractivity contribution < 1.29 is 14.0 Å². The molecule has 0 aliphatic carbocycles. The summed E-state index contributed by atoms with van der Waals surface area (Å²) < 4.78 is 15.2. The number of carbonyl (C=O) groups is 2. The lowest BCUT2D eigenvalue weighted by atomic mass is 10.1. The van der Waals surface area contributed by atoms with Gasteiger partial charge < -0.3 is 15.2 Å². The highest BCUT2D eigenvalue weighted by Gasteiger charge is 2.18. The Morgan fingerprint density at radius 1 is 0.900 bits per heavy atom. The SMILES string of the molecule is Cc1cc(C(=O)Nc2ccc(C(=O)NC(C)(C)C)cc2)c(C)n1-c1ccc(F)cc1. The van der Waals surface area contributed by atoms with Crippen molar-refractivity contribution in [2.24, 2.45) is 0 Å². The first-order valence-electron chi connectivity index (χ1n) is 9.74. The van der Waals surface area contributed by atoms with Gasteiger partial charge in [0.05, 0.1) is 5.56 Å². The molecule has 2 N–H and O–H groups in total. The molecule has 0 unspecified atom stereocenters. The number of carbonyl (C=O) groups excluding carboxylic acids is 2. The van der Waals surface area contributed by atoms with E-state index in [0.717, 1.165) is 17.1 Å². The number of halogens is 1. The van der Waals surface area contributed by atoms with E-state index in [4.69, 9.17) is 0 Å². The molecule has 0 radical (unpaired) electrons. The van der Waals surface area contributed by atoms with Crippen LogP contribution in [0.4, 0.5) is 10.1 Å². The zero-order valence-corrected chi connectivity index (χ0v) is 17.8. The first-order valence-corrected chi connectivity index (χ1v) is 9.74. The minimum atomic E-state index is -0.322. The van der Waals surface area contributed by atoms with Gasteiger partial charge in [-0.3, -0.25) is 9.59 Å². The zero-order valence-electron chi connectivity index (χ0n) is 17.8. The molecular weight excluding hydrogens is 381 g/mol. The lowest BCUT2D eigenvalue weighted by Crippen LogP contribution is -2.40. The van der Waals surface area contributed by atoms with Crippen molar-refractivity contribution in [2.45, 2.75) is 40.2 Å². The van der Waals surface area contributed by atoms with Gasteiger partial charge in [0.1, 0.15) is 5.82 Å². The van der Waals surface area contributed by atoms with Crippen LogP contribution in [0.5, 0.6) is 0 Å². The van der Waals surface area contributed by atoms with Gasteiger partial charge in [0, 0.05) is 33.9 Å². The summed E-state index contributed by atoms with van der Waals surface area (Å²) in [6.45, 7) is 9.51. The average Bonchev–Trinajstić information content (AvgIpc) is 2.96. The molecule has 6 heteroatoms. The van der Waals surface area contributed by atoms with Crippen LogP contribution < -0.4 is 10.6 Å². The summed E-state index contributed by atoms with van der Waals surface area (Å²) in [7, 11) is 0. The smallest absolute Gasteiger partial charge is 0.257 e. The van der Waals surface area contributed by atoms with E-state index >= 15 is 0 Å². The molecule has 3 rings (SSSR count). The number of amides is 2. The van der Waals surface area contributed by atoms with Gasteiger partial charge in [0.2, 0.25) is 0 Å². The normalized spacial score (nSPS) is 11.3. The molecule has 0 saturated heterocycles. The van der Waals surface area contributed by atoms with Crippen molar-refractivity contribution in [3.63, 3.8) is 0 Å². The van der Waals surface area contributed by atoms with Crippen molar-refractivity contribution >= 4 is 17.5 Å². The summed E-state index contributed by atoms with van der Waals surface area (Å²) in [5.41, 5.74) is 3.76. The van der Waals surface area contributed by atoms with E-state index in [0.29, 0.717) is 16.8 Å². The van der Waals surface area contributed by atoms with E-state index in [1.54, 1.807) is 42.5 Å². The van der Waals surface area contributed by atoms with E-state index in [2.05, 4.69) is 10.6 Å². The molecule has 0 bridgehead atoms. The monoisotopic (exact) mass is 407 g/mol. The van der Waals surface area contributed by atoms with E-state index in [-0.39, 0.29) is 23.2 Å². The van der Waals surface area contributed by atoms with Gasteiger partial charge in [-0.15, -0.1) is 0 Å². The summed E-state index contributed by atoms with van der Waals surface area (Å²) in [6.07, 6.45) is 0. The van der Waals surface area contributed by atoms with Crippen LogP contribution >= 0.6 is 0 Å². The van der Waals surface area contributed by atoms with E-state index in [1.807, 2.05) is 39.2 Å². The van der Waals surface area contributed by atoms with Crippen molar-refractivity contribution in [1.29, 1.82) is 0 Å². The quantitative estimate of drug-likeness (QED) is 0.638. The highest BCUT2D eigenvalue weighted by Crippen LogP contribution is 2.22. The third kappa shape index (κ3) is 4.76. The summed E-state index contributed by atoms with van der Waals surface area (Å²) in [5.74, 6) is -0.717. The van der Waals surface area contributed by atoms with Crippen LogP contribution in [0, 0.1) is 19.7 Å². The number of aryl methyl sites for hydroxylation is 1. The van der Waals surface area contributed by atoms with Crippen molar-refractivity contribution in [1.82, 2.24) is 9.88 Å². The van der Waals surface area contributed by atoms with Crippen molar-refractivity contribution in [3.05, 3.63) is 82.9 Å². The molecule has 1 heterocycles. The Labute approximate surface area is 175 Å². The molecule has 0 aliphatic rings. The van der Waals surface area contributed by atoms with Crippen molar-refractivity contribution in [2.75, 3.05) is 5.32 Å². The number of nitrogens with one attached hydrogen (secondary N) is 2. The maximum absolute atomic E-state index is 13.2. The molecule has 30 heavy (non-hydrogen) atoms. The largest absolute Gasteiger partial charge is 0.347 e. The van der Waals surface area contributed by atoms with Crippen LogP contribution in [0.2, 0.25) is 0 Å². The molecule has 2 aromatic carbocycles. The van der Waals surface area contributed by atoms with Crippen molar-refractivity contribution in [3.8, 4) is 5.69 Å². The fraction of sp³-hybridized carbons (Fsp3) is 0.250. The third-order valence-corrected chi connectivity index (χ3v) is 4.65. The Balaban J connectivity index is 1.77. The maximum Gasteiger partial charge on any atom is 0.257 e. The number of aromatic nitrogens is 1. The lowest BCUT2D eigenvalue weighted by Gasteiger charge is -2.20. The zero-order chi connectivity index (χ0) is 22.1. The maximum atomic E-state index is 13.2. The van der Waals surface area contributed by atoms with Gasteiger partial charge in [-0.2, -0.15) is 0 Å². The first kappa shape index (κ1) is 21.3. The molecule has 5 nitrogen and oxygen atoms in total. The summed E-state index contributed by atoms with van der Waals surface area (Å²) in [6, 6.07) is 14.7. The Bertz CT molecular complexity index is 1080. The number of benzene rings is 2. The van der Waals surface area contributed by atoms with Crippen LogP contribution in [0.15, 0.2) is 54.6 Å². The summed E-state index contributed by atoms with van der Waals surface area (Å²) in [4.78, 5) is 25.1. The van der Waals surface area contributed by atoms with Crippen LogP contribution in [-0.4, -0.2) is 21.9 Å². The van der Waals surface area contributed by atoms with Crippen LogP contribution in [0.3, 0.4) is 0 Å². The highest BCUT2D eigenvalue weighted by molar-refractivity contribution is 6.05. The predicted molar refractivity (Wildman–Crippen MR) is 117 cm³/mol. The number of nitrogens with zero attached hydrogens (tertiary/aromatic N) is 1. The topological polar surface area (TPSA) is 63.1 Å². The predicted octanol–water partition coefficient (Wildman–Crippen LogP) is 5.01. The Morgan fingerprint density at radius 3 is 2.07 bits per heavy atom. The number of hydrogen-bond donors (Lipinski definition) is 2. The number of anilines is 1. The van der Waals surface area contributed by atoms with Gasteiger partial charge in [-0.1, -0.05) is 0 Å². The fourth-order valence-corrected chi connectivity index (χ4v) is 3.30. The van der Waals surface area contributed by atoms with Gasteiger partial charge >= 0.3 is 0 Å². The molecule has 0 saturated carbocycles. The van der Waals surface area contributed by atoms with E-state index in [9.17, 15) is 14.0 Å². The van der Waals surface area contributed by atoms with E-state index in [1.165, 1.54) is 12.1 Å². The fourth-order valence-electron chi connectivity index (χ4n) is 3.30. The van der Waals surface area contributed by atoms with Gasteiger partial charge in [0.15, 0.2) is 0 Å². The standard InChI is InChI=1S/C24H26FN3O2/c1-15-14-21(16(2)28(15)20-12-8-18(25)9-13-20)23(30)26-19-10-6-17(7-11-19)22(29)27-24(3,4)5/h6-14H,1-5H3,(H,26,30)(H,27,29). The number of hydrogen-bond acceptors (Lipinski definition) is 2. The lowest BCUT2D eigenvalue weighted by molar-refractivity contribution is 0.0919. The van der Waals surface area contributed by atoms with E-state index < -0.39 is 0 Å². The Hall–Kier alpha value is -3.41. The summed E-state index contributed by atoms with van der Waals surface area (Å²) >= 11 is 0. The molecule has 0 fully saturated rings. The van der Waals surface area contributed by atoms with Gasteiger partial charge in [-0.25, -0.2) is 4.39 Å². The molecule has 0 aliphatic heterocycles. The Kier molecular flexibility index (Phi) is 5.78. The molecule has 1 aromatic heterocycles. The second kappa shape index (κ2) is 8.14. The van der Waals surface area contributed by atoms with Crippen LogP contribution in [0.25, 0.3) is 5.69 Å². The molecule has 0 spiro atoms. The van der Waals surface area contributed by atoms with Gasteiger partial charge in [0.25, 0.3) is 11.8 Å². The molecule has 2 amide bonds. The minimum Gasteiger partial charge on any atom is -0.347 e. The molecule has 156 valence electrons. The Morgan fingerprint density at radius 2 is 1.50 bits per heavy atom.